The Morgan fingerprint density at radius 2 is 1.68 bits per heavy atom. The van der Waals surface area contributed by atoms with E-state index in [1.807, 2.05) is 0 Å². The van der Waals surface area contributed by atoms with E-state index < -0.39 is 43.3 Å². The summed E-state index contributed by atoms with van der Waals surface area (Å²) in [6, 6.07) is 8.44. The van der Waals surface area contributed by atoms with Crippen LogP contribution in [0.15, 0.2) is 35.4 Å². The number of hydrazone groups is 1. The van der Waals surface area contributed by atoms with E-state index in [0.29, 0.717) is 5.56 Å². The Morgan fingerprint density at radius 1 is 1.11 bits per heavy atom. The van der Waals surface area contributed by atoms with Gasteiger partial charge in [0, 0.05) is 5.56 Å². The van der Waals surface area contributed by atoms with Gasteiger partial charge in [0.25, 0.3) is 0 Å². The number of nitrogens with zero attached hydrogens (tertiary/aromatic N) is 1. The fourth-order valence-corrected chi connectivity index (χ4v) is 5.14. The molecule has 0 aromatic heterocycles. The summed E-state index contributed by atoms with van der Waals surface area (Å²) in [5.41, 5.74) is 2.94. The first kappa shape index (κ1) is 22.3. The van der Waals surface area contributed by atoms with Gasteiger partial charge in [-0.1, -0.05) is 30.3 Å². The first-order valence-corrected chi connectivity index (χ1v) is 10.9. The number of Topliss-reactive ketones (excluding diaryl/α,β-unsaturated/α-hetero) is 1. The van der Waals surface area contributed by atoms with Crippen molar-refractivity contribution in [3.8, 4) is 0 Å². The molecule has 1 aromatic rings. The van der Waals surface area contributed by atoms with Crippen LogP contribution < -0.4 is 5.43 Å². The van der Waals surface area contributed by atoms with E-state index in [4.69, 9.17) is 13.8 Å². The van der Waals surface area contributed by atoms with Gasteiger partial charge in [-0.25, -0.2) is 0 Å². The molecule has 0 unspecified atom stereocenters. The van der Waals surface area contributed by atoms with Gasteiger partial charge in [0.15, 0.2) is 5.78 Å². The second-order valence-electron chi connectivity index (χ2n) is 6.84. The quantitative estimate of drug-likeness (QED) is 0.378. The SMILES string of the molecule is CCOC(=O)[C@@H]1C(C(=O)c2ccccc2)=NN[C@H]1P(=O)(OC(C)C)OC(C)C. The largest absolute Gasteiger partial charge is 0.465 e. The smallest absolute Gasteiger partial charge is 0.356 e. The average Bonchev–Trinajstić information content (AvgIpc) is 3.06. The second kappa shape index (κ2) is 9.45. The average molecular weight is 410 g/mol. The summed E-state index contributed by atoms with van der Waals surface area (Å²) in [7, 11) is -3.86. The molecule has 0 spiro atoms. The summed E-state index contributed by atoms with van der Waals surface area (Å²) in [4.78, 5) is 25.6. The molecule has 1 N–H and O–H groups in total. The number of hydrogen-bond acceptors (Lipinski definition) is 8. The molecule has 0 bridgehead atoms. The molecule has 0 radical (unpaired) electrons. The molecule has 9 heteroatoms. The lowest BCUT2D eigenvalue weighted by molar-refractivity contribution is -0.145. The Balaban J connectivity index is 2.43. The van der Waals surface area contributed by atoms with Crippen molar-refractivity contribution < 1.29 is 27.9 Å². The summed E-state index contributed by atoms with van der Waals surface area (Å²) in [6.07, 6.45) is -0.855. The van der Waals surface area contributed by atoms with Crippen LogP contribution in [-0.2, 0) is 23.1 Å². The van der Waals surface area contributed by atoms with Gasteiger partial charge in [0.05, 0.1) is 18.8 Å². The minimum absolute atomic E-state index is 0.0745. The van der Waals surface area contributed by atoms with Gasteiger partial charge >= 0.3 is 13.6 Å². The van der Waals surface area contributed by atoms with Crippen molar-refractivity contribution in [3.05, 3.63) is 35.9 Å². The second-order valence-corrected chi connectivity index (χ2v) is 8.90. The highest BCUT2D eigenvalue weighted by Crippen LogP contribution is 2.57. The molecule has 0 saturated heterocycles. The molecule has 1 heterocycles. The third kappa shape index (κ3) is 5.07. The molecule has 1 aliphatic rings. The molecule has 0 fully saturated rings. The molecule has 2 atom stereocenters. The highest BCUT2D eigenvalue weighted by atomic mass is 31.2. The van der Waals surface area contributed by atoms with E-state index >= 15 is 0 Å². The standard InChI is InChI=1S/C19H27N2O6P/c1-6-25-19(23)15-16(17(22)14-10-8-7-9-11-14)20-21-18(15)28(24,26-12(2)3)27-13(4)5/h7-13,15,18,21H,6H2,1-5H3/t15-,18+/m1/s1. The molecule has 154 valence electrons. The lowest BCUT2D eigenvalue weighted by atomic mass is 9.96. The van der Waals surface area contributed by atoms with Crippen LogP contribution in [0.5, 0.6) is 0 Å². The molecule has 0 saturated carbocycles. The molecule has 28 heavy (non-hydrogen) atoms. The first-order chi connectivity index (χ1) is 13.2. The maximum atomic E-state index is 13.6. The van der Waals surface area contributed by atoms with Gasteiger partial charge in [-0.3, -0.25) is 19.6 Å². The molecule has 2 rings (SSSR count). The number of esters is 1. The van der Waals surface area contributed by atoms with Crippen molar-refractivity contribution in [3.63, 3.8) is 0 Å². The number of carbonyl (C=O) groups excluding carboxylic acids is 2. The summed E-state index contributed by atoms with van der Waals surface area (Å²) in [5.74, 6) is -3.52. The van der Waals surface area contributed by atoms with Crippen molar-refractivity contribution >= 4 is 25.1 Å². The fraction of sp³-hybridized carbons (Fsp3) is 0.526. The molecule has 8 nitrogen and oxygen atoms in total. The molecule has 0 aliphatic carbocycles. The van der Waals surface area contributed by atoms with E-state index in [0.717, 1.165) is 0 Å². The Morgan fingerprint density at radius 3 is 2.18 bits per heavy atom. The van der Waals surface area contributed by atoms with Crippen LogP contribution in [0.25, 0.3) is 0 Å². The predicted molar refractivity (Wildman–Crippen MR) is 105 cm³/mol. The van der Waals surface area contributed by atoms with Gasteiger partial charge in [0.2, 0.25) is 5.78 Å². The third-order valence-electron chi connectivity index (χ3n) is 3.79. The Labute approximate surface area is 165 Å². The number of rotatable bonds is 9. The van der Waals surface area contributed by atoms with Crippen LogP contribution in [0.4, 0.5) is 0 Å². The number of hydrogen-bond donors (Lipinski definition) is 1. The molecular formula is C19H27N2O6P. The van der Waals surface area contributed by atoms with Crippen molar-refractivity contribution in [1.82, 2.24) is 5.43 Å². The lowest BCUT2D eigenvalue weighted by Gasteiger charge is -2.29. The molecule has 0 amide bonds. The lowest BCUT2D eigenvalue weighted by Crippen LogP contribution is -2.40. The zero-order chi connectivity index (χ0) is 20.9. The van der Waals surface area contributed by atoms with Crippen LogP contribution in [0.2, 0.25) is 0 Å². The zero-order valence-corrected chi connectivity index (χ0v) is 17.6. The monoisotopic (exact) mass is 410 g/mol. The molecular weight excluding hydrogens is 383 g/mol. The van der Waals surface area contributed by atoms with Crippen molar-refractivity contribution in [2.75, 3.05) is 6.61 Å². The maximum absolute atomic E-state index is 13.6. The number of benzene rings is 1. The highest BCUT2D eigenvalue weighted by molar-refractivity contribution is 7.54. The Hall–Kier alpha value is -2.02. The Bertz CT molecular complexity index is 764. The number of ether oxygens (including phenoxy) is 1. The predicted octanol–water partition coefficient (Wildman–Crippen LogP) is 3.38. The summed E-state index contributed by atoms with van der Waals surface area (Å²) in [6.45, 7) is 8.60. The third-order valence-corrected chi connectivity index (χ3v) is 6.32. The number of nitrogens with one attached hydrogen (secondary N) is 1. The first-order valence-electron chi connectivity index (χ1n) is 9.25. The van der Waals surface area contributed by atoms with Crippen LogP contribution in [0.3, 0.4) is 0 Å². The number of ketones is 1. The van der Waals surface area contributed by atoms with E-state index in [9.17, 15) is 14.2 Å². The van der Waals surface area contributed by atoms with Crippen molar-refractivity contribution in [2.45, 2.75) is 52.6 Å². The van der Waals surface area contributed by atoms with Gasteiger partial charge in [-0.15, -0.1) is 0 Å². The van der Waals surface area contributed by atoms with Gasteiger partial charge in [-0.05, 0) is 34.6 Å². The zero-order valence-electron chi connectivity index (χ0n) is 16.7. The Kier molecular flexibility index (Phi) is 7.52. The van der Waals surface area contributed by atoms with Crippen LogP contribution in [-0.4, -0.2) is 42.1 Å². The molecule has 1 aliphatic heterocycles. The summed E-state index contributed by atoms with van der Waals surface area (Å²) in [5, 5.41) is 4.04. The van der Waals surface area contributed by atoms with E-state index in [2.05, 4.69) is 10.5 Å². The number of carbonyl (C=O) groups is 2. The van der Waals surface area contributed by atoms with E-state index in [1.165, 1.54) is 0 Å². The normalized spacial score (nSPS) is 19.5. The maximum Gasteiger partial charge on any atom is 0.356 e. The van der Waals surface area contributed by atoms with Crippen molar-refractivity contribution in [2.24, 2.45) is 11.0 Å². The topological polar surface area (TPSA) is 103 Å². The van der Waals surface area contributed by atoms with Crippen molar-refractivity contribution in [1.29, 1.82) is 0 Å². The molecule has 1 aromatic carbocycles. The van der Waals surface area contributed by atoms with E-state index in [1.54, 1.807) is 65.0 Å². The van der Waals surface area contributed by atoms with E-state index in [-0.39, 0.29) is 12.3 Å². The summed E-state index contributed by atoms with van der Waals surface area (Å²) >= 11 is 0. The highest BCUT2D eigenvalue weighted by Gasteiger charge is 2.53. The minimum Gasteiger partial charge on any atom is -0.465 e. The van der Waals surface area contributed by atoms with Crippen LogP contribution >= 0.6 is 7.60 Å². The fourth-order valence-electron chi connectivity index (χ4n) is 2.83. The van der Waals surface area contributed by atoms with Gasteiger partial charge in [0.1, 0.15) is 11.6 Å². The van der Waals surface area contributed by atoms with Crippen LogP contribution in [0.1, 0.15) is 45.0 Å². The van der Waals surface area contributed by atoms with Gasteiger partial charge in [-0.2, -0.15) is 5.10 Å². The van der Waals surface area contributed by atoms with Gasteiger partial charge < -0.3 is 13.8 Å². The summed E-state index contributed by atoms with van der Waals surface area (Å²) < 4.78 is 29.9. The van der Waals surface area contributed by atoms with Crippen LogP contribution in [0, 0.1) is 5.92 Å². The minimum atomic E-state index is -3.86.